The molecule has 0 unspecified atom stereocenters. The van der Waals surface area contributed by atoms with Crippen LogP contribution in [-0.4, -0.2) is 81.3 Å². The summed E-state index contributed by atoms with van der Waals surface area (Å²) in [7, 11) is 2.16. The lowest BCUT2D eigenvalue weighted by molar-refractivity contribution is 0.134. The Bertz CT molecular complexity index is 1480. The van der Waals surface area contributed by atoms with E-state index in [-0.39, 0.29) is 5.60 Å². The molecule has 6 rings (SSSR count). The van der Waals surface area contributed by atoms with Crippen molar-refractivity contribution in [1.29, 1.82) is 0 Å². The minimum Gasteiger partial charge on any atom is -0.492 e. The van der Waals surface area contributed by atoms with Gasteiger partial charge in [0.15, 0.2) is 11.2 Å². The minimum absolute atomic E-state index is 0.200. The van der Waals surface area contributed by atoms with Gasteiger partial charge in [-0.15, -0.1) is 0 Å². The summed E-state index contributed by atoms with van der Waals surface area (Å²) in [5, 5.41) is 1.23. The van der Waals surface area contributed by atoms with Crippen molar-refractivity contribution in [2.75, 3.05) is 46.4 Å². The summed E-state index contributed by atoms with van der Waals surface area (Å²) in [6, 6.07) is 13.5. The van der Waals surface area contributed by atoms with E-state index in [4.69, 9.17) is 37.7 Å². The van der Waals surface area contributed by atoms with Crippen LogP contribution < -0.4 is 9.47 Å². The first kappa shape index (κ1) is 26.3. The van der Waals surface area contributed by atoms with Crippen molar-refractivity contribution in [2.24, 2.45) is 0 Å². The smallest absolute Gasteiger partial charge is 0.245 e. The molecule has 4 aromatic rings. The molecule has 0 N–H and O–H groups in total. The van der Waals surface area contributed by atoms with Gasteiger partial charge in [-0.1, -0.05) is 41.4 Å². The Kier molecular flexibility index (Phi) is 7.37. The SMILES string of the molecule is CN1CCN(CCOc2ccc(-c3nc4c(OC5(C)CC5)ncnc4n3Cc3ccccc3Cl)c(Cl)c2)CC1. The standard InChI is InChI=1S/C29H32Cl2N6O2/c1-29(9-10-29)39-28-25-27(32-19-33-28)37(18-20-5-3-4-6-23(20)30)26(34-25)22-8-7-21(17-24(22)31)38-16-15-36-13-11-35(2)12-14-36/h3-8,17,19H,9-16,18H2,1-2H3. The third kappa shape index (κ3) is 5.84. The number of rotatable bonds is 9. The molecule has 0 radical (unpaired) electrons. The number of hydrogen-bond donors (Lipinski definition) is 0. The number of halogens is 2. The molecule has 204 valence electrons. The van der Waals surface area contributed by atoms with E-state index in [2.05, 4.69) is 33.7 Å². The largest absolute Gasteiger partial charge is 0.492 e. The van der Waals surface area contributed by atoms with Crippen LogP contribution in [0.25, 0.3) is 22.6 Å². The highest BCUT2D eigenvalue weighted by atomic mass is 35.5. The first-order valence-corrected chi connectivity index (χ1v) is 14.1. The number of fused-ring (bicyclic) bond motifs is 1. The van der Waals surface area contributed by atoms with Crippen LogP contribution in [0.3, 0.4) is 0 Å². The lowest BCUT2D eigenvalue weighted by Crippen LogP contribution is -2.45. The molecule has 1 saturated carbocycles. The van der Waals surface area contributed by atoms with Gasteiger partial charge >= 0.3 is 0 Å². The second-order valence-electron chi connectivity index (χ2n) is 10.7. The van der Waals surface area contributed by atoms with Gasteiger partial charge in [0.1, 0.15) is 30.1 Å². The quantitative estimate of drug-likeness (QED) is 0.268. The molecule has 2 aromatic carbocycles. The highest BCUT2D eigenvalue weighted by molar-refractivity contribution is 6.33. The first-order valence-electron chi connectivity index (χ1n) is 13.4. The van der Waals surface area contributed by atoms with Gasteiger partial charge in [0.05, 0.1) is 11.6 Å². The van der Waals surface area contributed by atoms with E-state index in [1.807, 2.05) is 47.0 Å². The molecule has 1 aliphatic carbocycles. The Morgan fingerprint density at radius 2 is 1.77 bits per heavy atom. The molecule has 1 aliphatic heterocycles. The van der Waals surface area contributed by atoms with Crippen LogP contribution in [0.4, 0.5) is 0 Å². The van der Waals surface area contributed by atoms with Gasteiger partial charge < -0.3 is 18.9 Å². The fourth-order valence-corrected chi connectivity index (χ4v) is 5.24. The van der Waals surface area contributed by atoms with E-state index in [9.17, 15) is 0 Å². The van der Waals surface area contributed by atoms with Crippen LogP contribution in [-0.2, 0) is 6.54 Å². The number of piperazine rings is 1. The zero-order chi connectivity index (χ0) is 27.0. The molecule has 8 nitrogen and oxygen atoms in total. The number of imidazole rings is 1. The predicted molar refractivity (Wildman–Crippen MR) is 154 cm³/mol. The highest BCUT2D eigenvalue weighted by Crippen LogP contribution is 2.41. The van der Waals surface area contributed by atoms with E-state index in [0.29, 0.717) is 46.1 Å². The highest BCUT2D eigenvalue weighted by Gasteiger charge is 2.41. The Labute approximate surface area is 238 Å². The van der Waals surface area contributed by atoms with E-state index in [1.165, 1.54) is 6.33 Å². The van der Waals surface area contributed by atoms with Crippen LogP contribution in [0.1, 0.15) is 25.3 Å². The molecule has 2 fully saturated rings. The maximum absolute atomic E-state index is 6.86. The summed E-state index contributed by atoms with van der Waals surface area (Å²) in [5.41, 5.74) is 2.81. The summed E-state index contributed by atoms with van der Waals surface area (Å²) in [5.74, 6) is 1.89. The van der Waals surface area contributed by atoms with Gasteiger partial charge in [-0.05, 0) is 56.6 Å². The van der Waals surface area contributed by atoms with Crippen LogP contribution in [0.2, 0.25) is 10.0 Å². The van der Waals surface area contributed by atoms with Gasteiger partial charge in [0, 0.05) is 43.3 Å². The van der Waals surface area contributed by atoms with Crippen molar-refractivity contribution < 1.29 is 9.47 Å². The molecular formula is C29H32Cl2N6O2. The molecule has 39 heavy (non-hydrogen) atoms. The minimum atomic E-state index is -0.200. The summed E-state index contributed by atoms with van der Waals surface area (Å²) >= 11 is 13.4. The third-order valence-electron chi connectivity index (χ3n) is 7.54. The molecule has 0 spiro atoms. The second kappa shape index (κ2) is 10.9. The predicted octanol–water partition coefficient (Wildman–Crippen LogP) is 5.41. The van der Waals surface area contributed by atoms with Gasteiger partial charge in [0.25, 0.3) is 0 Å². The average molecular weight is 568 g/mol. The fourth-order valence-electron chi connectivity index (χ4n) is 4.79. The molecule has 2 aromatic heterocycles. The molecule has 0 bridgehead atoms. The summed E-state index contributed by atoms with van der Waals surface area (Å²) in [4.78, 5) is 18.8. The van der Waals surface area contributed by atoms with Gasteiger partial charge in [-0.25, -0.2) is 9.97 Å². The summed E-state index contributed by atoms with van der Waals surface area (Å²) in [6.07, 6.45) is 3.51. The summed E-state index contributed by atoms with van der Waals surface area (Å²) < 4.78 is 14.3. The molecule has 1 saturated heterocycles. The number of aromatic nitrogens is 4. The third-order valence-corrected chi connectivity index (χ3v) is 8.22. The average Bonchev–Trinajstić information content (AvgIpc) is 3.54. The van der Waals surface area contributed by atoms with Crippen molar-refractivity contribution in [3.8, 4) is 23.0 Å². The maximum atomic E-state index is 6.86. The number of hydrogen-bond acceptors (Lipinski definition) is 7. The van der Waals surface area contributed by atoms with Crippen molar-refractivity contribution >= 4 is 34.4 Å². The number of nitrogens with zero attached hydrogens (tertiary/aromatic N) is 6. The molecule has 0 atom stereocenters. The Balaban J connectivity index is 1.30. The van der Waals surface area contributed by atoms with E-state index in [1.54, 1.807) is 0 Å². The fraction of sp³-hybridized carbons (Fsp3) is 0.414. The molecule has 0 amide bonds. The molecule has 2 aliphatic rings. The van der Waals surface area contributed by atoms with E-state index < -0.39 is 0 Å². The first-order chi connectivity index (χ1) is 18.9. The van der Waals surface area contributed by atoms with Crippen molar-refractivity contribution in [3.63, 3.8) is 0 Å². The number of benzene rings is 2. The normalized spacial score (nSPS) is 17.4. The number of ether oxygens (including phenoxy) is 2. The van der Waals surface area contributed by atoms with Crippen LogP contribution >= 0.6 is 23.2 Å². The second-order valence-corrected chi connectivity index (χ2v) is 11.5. The van der Waals surface area contributed by atoms with Crippen molar-refractivity contribution in [3.05, 3.63) is 64.4 Å². The Hall–Kier alpha value is -2.91. The van der Waals surface area contributed by atoms with Gasteiger partial charge in [-0.2, -0.15) is 4.98 Å². The molecule has 3 heterocycles. The van der Waals surface area contributed by atoms with E-state index >= 15 is 0 Å². The maximum Gasteiger partial charge on any atom is 0.245 e. The van der Waals surface area contributed by atoms with Crippen LogP contribution in [0.5, 0.6) is 11.6 Å². The monoisotopic (exact) mass is 566 g/mol. The zero-order valence-electron chi connectivity index (χ0n) is 22.2. The Morgan fingerprint density at radius 1 is 0.974 bits per heavy atom. The lowest BCUT2D eigenvalue weighted by atomic mass is 10.2. The van der Waals surface area contributed by atoms with Gasteiger partial charge in [-0.3, -0.25) is 4.90 Å². The van der Waals surface area contributed by atoms with Crippen LogP contribution in [0.15, 0.2) is 48.8 Å². The zero-order valence-corrected chi connectivity index (χ0v) is 23.8. The Morgan fingerprint density at radius 3 is 2.51 bits per heavy atom. The topological polar surface area (TPSA) is 68.5 Å². The van der Waals surface area contributed by atoms with Crippen LogP contribution in [0, 0.1) is 0 Å². The molecular weight excluding hydrogens is 535 g/mol. The van der Waals surface area contributed by atoms with Crippen molar-refractivity contribution in [2.45, 2.75) is 31.9 Å². The van der Waals surface area contributed by atoms with Crippen molar-refractivity contribution in [1.82, 2.24) is 29.3 Å². The van der Waals surface area contributed by atoms with E-state index in [0.717, 1.165) is 62.4 Å². The number of likely N-dealkylation sites (N-methyl/N-ethyl adjacent to an activating group) is 1. The lowest BCUT2D eigenvalue weighted by Gasteiger charge is -2.32. The summed E-state index contributed by atoms with van der Waals surface area (Å²) in [6.45, 7) is 8.36. The molecule has 10 heteroatoms. The van der Waals surface area contributed by atoms with Gasteiger partial charge in [0.2, 0.25) is 5.88 Å².